The number of halogens is 1. The average molecular weight is 428 g/mol. The molecule has 0 radical (unpaired) electrons. The molecule has 3 aromatic heterocycles. The minimum Gasteiger partial charge on any atom is -0.454 e. The van der Waals surface area contributed by atoms with Gasteiger partial charge in [0.05, 0.1) is 11.7 Å². The number of benzene rings is 2. The van der Waals surface area contributed by atoms with Crippen LogP contribution in [0, 0.1) is 5.82 Å². The number of hydrogen-bond donors (Lipinski definition) is 1. The highest BCUT2D eigenvalue weighted by molar-refractivity contribution is 6.05. The van der Waals surface area contributed by atoms with E-state index in [4.69, 9.17) is 4.42 Å². The normalized spacial score (nSPS) is 15.1. The molecule has 160 valence electrons. The molecule has 0 amide bonds. The summed E-state index contributed by atoms with van der Waals surface area (Å²) in [6.45, 7) is 3.95. The number of nitrogens with one attached hydrogen (secondary N) is 1. The molecule has 8 heteroatoms. The van der Waals surface area contributed by atoms with Crippen molar-refractivity contribution in [3.8, 4) is 0 Å². The molecule has 1 N–H and O–H groups in total. The van der Waals surface area contributed by atoms with Crippen LogP contribution in [0.15, 0.2) is 59.4 Å². The molecular weight excluding hydrogens is 407 g/mol. The maximum atomic E-state index is 13.5. The Bertz CT molecular complexity index is 1460. The Morgan fingerprint density at radius 3 is 2.59 bits per heavy atom. The van der Waals surface area contributed by atoms with E-state index in [0.29, 0.717) is 17.0 Å². The van der Waals surface area contributed by atoms with E-state index in [0.717, 1.165) is 59.4 Å². The molecule has 7 nitrogen and oxygen atoms in total. The second-order valence-corrected chi connectivity index (χ2v) is 8.15. The van der Waals surface area contributed by atoms with Gasteiger partial charge < -0.3 is 19.5 Å². The molecule has 0 spiro atoms. The van der Waals surface area contributed by atoms with E-state index >= 15 is 0 Å². The van der Waals surface area contributed by atoms with Gasteiger partial charge in [0.1, 0.15) is 29.4 Å². The third-order valence-electron chi connectivity index (χ3n) is 6.01. The van der Waals surface area contributed by atoms with Gasteiger partial charge in [-0.1, -0.05) is 0 Å². The van der Waals surface area contributed by atoms with Gasteiger partial charge in [0, 0.05) is 54.1 Å². The summed E-state index contributed by atoms with van der Waals surface area (Å²) in [6.07, 6.45) is 3.28. The van der Waals surface area contributed by atoms with Gasteiger partial charge in [0.15, 0.2) is 5.58 Å². The van der Waals surface area contributed by atoms with Crippen LogP contribution in [0.1, 0.15) is 0 Å². The third kappa shape index (κ3) is 3.29. The van der Waals surface area contributed by atoms with Gasteiger partial charge >= 0.3 is 0 Å². The highest BCUT2D eigenvalue weighted by atomic mass is 19.1. The molecule has 2 aromatic carbocycles. The molecule has 32 heavy (non-hydrogen) atoms. The zero-order valence-corrected chi connectivity index (χ0v) is 17.5. The first kappa shape index (κ1) is 18.9. The average Bonchev–Trinajstić information content (AvgIpc) is 3.16. The lowest BCUT2D eigenvalue weighted by Crippen LogP contribution is -2.44. The van der Waals surface area contributed by atoms with Crippen molar-refractivity contribution in [1.29, 1.82) is 0 Å². The molecule has 1 aliphatic rings. The van der Waals surface area contributed by atoms with Crippen molar-refractivity contribution in [3.63, 3.8) is 0 Å². The highest BCUT2D eigenvalue weighted by Gasteiger charge is 2.18. The van der Waals surface area contributed by atoms with E-state index in [1.807, 2.05) is 18.2 Å². The van der Waals surface area contributed by atoms with Crippen LogP contribution in [0.2, 0.25) is 0 Å². The maximum Gasteiger partial charge on any atom is 0.153 e. The molecule has 4 heterocycles. The predicted molar refractivity (Wildman–Crippen MR) is 124 cm³/mol. The van der Waals surface area contributed by atoms with Gasteiger partial charge in [0.25, 0.3) is 0 Å². The molecule has 6 rings (SSSR count). The van der Waals surface area contributed by atoms with Crippen LogP contribution in [-0.4, -0.2) is 53.1 Å². The first-order valence-corrected chi connectivity index (χ1v) is 10.6. The van der Waals surface area contributed by atoms with Crippen molar-refractivity contribution in [1.82, 2.24) is 19.9 Å². The quantitative estimate of drug-likeness (QED) is 0.452. The molecular formula is C24H21FN6O. The number of fused-ring (bicyclic) bond motifs is 4. The van der Waals surface area contributed by atoms with Crippen LogP contribution in [0.25, 0.3) is 32.8 Å². The van der Waals surface area contributed by atoms with E-state index in [9.17, 15) is 4.39 Å². The Morgan fingerprint density at radius 1 is 0.875 bits per heavy atom. The fraction of sp³-hybridized carbons (Fsp3) is 0.208. The second-order valence-electron chi connectivity index (χ2n) is 8.15. The topological polar surface area (TPSA) is 70.3 Å². The molecule has 1 saturated heterocycles. The molecule has 0 saturated carbocycles. The van der Waals surface area contributed by atoms with Gasteiger partial charge in [-0.2, -0.15) is 0 Å². The second kappa shape index (κ2) is 7.42. The van der Waals surface area contributed by atoms with Crippen molar-refractivity contribution in [2.24, 2.45) is 0 Å². The van der Waals surface area contributed by atoms with E-state index in [2.05, 4.69) is 43.2 Å². The number of piperazine rings is 1. The van der Waals surface area contributed by atoms with Crippen molar-refractivity contribution >= 4 is 50.2 Å². The SMILES string of the molecule is CN1CCN(c2ncnc3cc(Nc4cc5c(cn4)oc4cc(F)ccc45)ccc23)CC1. The minimum absolute atomic E-state index is 0.322. The molecule has 0 unspecified atom stereocenters. The first-order valence-electron chi connectivity index (χ1n) is 10.6. The molecule has 1 aliphatic heterocycles. The summed E-state index contributed by atoms with van der Waals surface area (Å²) in [6, 6.07) is 12.5. The number of nitrogens with zero attached hydrogens (tertiary/aromatic N) is 5. The smallest absolute Gasteiger partial charge is 0.153 e. The fourth-order valence-corrected chi connectivity index (χ4v) is 4.26. The van der Waals surface area contributed by atoms with Gasteiger partial charge in [-0.05, 0) is 43.4 Å². The number of hydrogen-bond acceptors (Lipinski definition) is 7. The summed E-state index contributed by atoms with van der Waals surface area (Å²) < 4.78 is 19.2. The lowest BCUT2D eigenvalue weighted by Gasteiger charge is -2.33. The van der Waals surface area contributed by atoms with Crippen molar-refractivity contribution in [3.05, 3.63) is 60.8 Å². The predicted octanol–water partition coefficient (Wildman–Crippen LogP) is 4.56. The number of rotatable bonds is 3. The molecule has 0 aliphatic carbocycles. The van der Waals surface area contributed by atoms with Crippen molar-refractivity contribution in [2.45, 2.75) is 0 Å². The Balaban J connectivity index is 1.33. The standard InChI is InChI=1S/C24H21FN6O/c1-30-6-8-31(9-7-30)24-18-5-3-16(11-20(18)27-14-28-24)29-23-12-19-17-4-2-15(25)10-21(17)32-22(19)13-26-23/h2-5,10-14H,6-9H2,1H3,(H,26,29). The minimum atomic E-state index is -0.322. The van der Waals surface area contributed by atoms with E-state index in [1.54, 1.807) is 18.6 Å². The maximum absolute atomic E-state index is 13.5. The summed E-state index contributed by atoms with van der Waals surface area (Å²) in [7, 11) is 2.14. The Labute approximate surface area is 183 Å². The summed E-state index contributed by atoms with van der Waals surface area (Å²) in [5.74, 6) is 1.33. The molecule has 1 fully saturated rings. The lowest BCUT2D eigenvalue weighted by molar-refractivity contribution is 0.312. The van der Waals surface area contributed by atoms with Crippen LogP contribution < -0.4 is 10.2 Å². The highest BCUT2D eigenvalue weighted by Crippen LogP contribution is 2.32. The van der Waals surface area contributed by atoms with Crippen molar-refractivity contribution in [2.75, 3.05) is 43.4 Å². The Kier molecular flexibility index (Phi) is 4.39. The number of furan rings is 1. The summed E-state index contributed by atoms with van der Waals surface area (Å²) >= 11 is 0. The zero-order chi connectivity index (χ0) is 21.7. The van der Waals surface area contributed by atoms with Gasteiger partial charge in [0.2, 0.25) is 0 Å². The first-order chi connectivity index (χ1) is 15.6. The molecule has 0 bridgehead atoms. The summed E-state index contributed by atoms with van der Waals surface area (Å²) in [4.78, 5) is 18.1. The van der Waals surface area contributed by atoms with Gasteiger partial charge in [-0.3, -0.25) is 0 Å². The number of likely N-dealkylation sites (N-methyl/N-ethyl adjacent to an activating group) is 1. The van der Waals surface area contributed by atoms with Crippen molar-refractivity contribution < 1.29 is 8.81 Å². The van der Waals surface area contributed by atoms with E-state index in [-0.39, 0.29) is 5.82 Å². The van der Waals surface area contributed by atoms with Crippen LogP contribution in [0.4, 0.5) is 21.7 Å². The van der Waals surface area contributed by atoms with Gasteiger partial charge in [-0.15, -0.1) is 0 Å². The third-order valence-corrected chi connectivity index (χ3v) is 6.01. The number of pyridine rings is 1. The van der Waals surface area contributed by atoms with Crippen LogP contribution >= 0.6 is 0 Å². The zero-order valence-electron chi connectivity index (χ0n) is 17.5. The van der Waals surface area contributed by atoms with Crippen LogP contribution in [0.3, 0.4) is 0 Å². The van der Waals surface area contributed by atoms with Gasteiger partial charge in [-0.25, -0.2) is 19.3 Å². The largest absolute Gasteiger partial charge is 0.454 e. The summed E-state index contributed by atoms with van der Waals surface area (Å²) in [5, 5.41) is 6.13. The Hall–Kier alpha value is -3.78. The van der Waals surface area contributed by atoms with E-state index < -0.39 is 0 Å². The van der Waals surface area contributed by atoms with Crippen LogP contribution in [-0.2, 0) is 0 Å². The van der Waals surface area contributed by atoms with Crippen LogP contribution in [0.5, 0.6) is 0 Å². The molecule has 0 atom stereocenters. The monoisotopic (exact) mass is 428 g/mol. The van der Waals surface area contributed by atoms with E-state index in [1.165, 1.54) is 12.1 Å². The molecule has 5 aromatic rings. The summed E-state index contributed by atoms with van der Waals surface area (Å²) in [5.41, 5.74) is 2.90. The number of anilines is 3. The lowest BCUT2D eigenvalue weighted by atomic mass is 10.1. The number of aromatic nitrogens is 3. The Morgan fingerprint density at radius 2 is 1.72 bits per heavy atom. The fourth-order valence-electron chi connectivity index (χ4n) is 4.26.